The fourth-order valence-electron chi connectivity index (χ4n) is 1.99. The van der Waals surface area contributed by atoms with E-state index >= 15 is 0 Å². The summed E-state index contributed by atoms with van der Waals surface area (Å²) in [5.41, 5.74) is 8.60. The lowest BCUT2D eigenvalue weighted by molar-refractivity contribution is 0.631. The average molecular weight is 295 g/mol. The van der Waals surface area contributed by atoms with Crippen LogP contribution in [0.5, 0.6) is 0 Å². The SMILES string of the molecule is Cc1ccc(-c2nc(Nc3ccccc3F)nnc2N)cc1. The highest BCUT2D eigenvalue weighted by atomic mass is 19.1. The van der Waals surface area contributed by atoms with Gasteiger partial charge in [0.05, 0.1) is 5.69 Å². The van der Waals surface area contributed by atoms with Crippen LogP contribution in [-0.4, -0.2) is 15.2 Å². The minimum atomic E-state index is -0.389. The molecular weight excluding hydrogens is 281 g/mol. The van der Waals surface area contributed by atoms with Gasteiger partial charge in [0, 0.05) is 5.56 Å². The van der Waals surface area contributed by atoms with E-state index in [9.17, 15) is 4.39 Å². The molecule has 3 aromatic rings. The molecule has 0 aliphatic rings. The first-order valence-electron chi connectivity index (χ1n) is 6.72. The quantitative estimate of drug-likeness (QED) is 0.775. The van der Waals surface area contributed by atoms with Crippen molar-refractivity contribution >= 4 is 17.5 Å². The topological polar surface area (TPSA) is 76.7 Å². The summed E-state index contributed by atoms with van der Waals surface area (Å²) in [4.78, 5) is 4.33. The first-order chi connectivity index (χ1) is 10.6. The standard InChI is InChI=1S/C16H14FN5/c1-10-6-8-11(9-7-10)14-15(18)21-22-16(20-14)19-13-5-3-2-4-12(13)17/h2-9H,1H3,(H2,18,21)(H,19,20,22). The van der Waals surface area contributed by atoms with Gasteiger partial charge in [-0.15, -0.1) is 10.2 Å². The number of nitrogens with two attached hydrogens (primary N) is 1. The van der Waals surface area contributed by atoms with Crippen molar-refractivity contribution in [3.05, 3.63) is 59.9 Å². The van der Waals surface area contributed by atoms with Gasteiger partial charge < -0.3 is 11.1 Å². The highest BCUT2D eigenvalue weighted by molar-refractivity contribution is 5.71. The summed E-state index contributed by atoms with van der Waals surface area (Å²) in [5.74, 6) is 0.0256. The summed E-state index contributed by atoms with van der Waals surface area (Å²) in [6.07, 6.45) is 0. The summed E-state index contributed by atoms with van der Waals surface area (Å²) in [7, 11) is 0. The third-order valence-corrected chi connectivity index (χ3v) is 3.16. The minimum absolute atomic E-state index is 0.190. The van der Waals surface area contributed by atoms with Gasteiger partial charge in [-0.3, -0.25) is 0 Å². The molecule has 1 heterocycles. The molecule has 0 spiro atoms. The van der Waals surface area contributed by atoms with Crippen LogP contribution >= 0.6 is 0 Å². The summed E-state index contributed by atoms with van der Waals surface area (Å²) < 4.78 is 13.7. The maximum Gasteiger partial charge on any atom is 0.247 e. The number of rotatable bonds is 3. The van der Waals surface area contributed by atoms with E-state index in [-0.39, 0.29) is 23.3 Å². The number of nitrogens with one attached hydrogen (secondary N) is 1. The van der Waals surface area contributed by atoms with Gasteiger partial charge in [0.1, 0.15) is 11.5 Å². The second-order valence-corrected chi connectivity index (χ2v) is 4.84. The second kappa shape index (κ2) is 5.77. The van der Waals surface area contributed by atoms with Crippen LogP contribution in [0, 0.1) is 12.7 Å². The number of aryl methyl sites for hydroxylation is 1. The third kappa shape index (κ3) is 2.85. The van der Waals surface area contributed by atoms with E-state index in [0.29, 0.717) is 5.69 Å². The van der Waals surface area contributed by atoms with E-state index in [2.05, 4.69) is 20.5 Å². The van der Waals surface area contributed by atoms with Gasteiger partial charge in [0.25, 0.3) is 0 Å². The minimum Gasteiger partial charge on any atom is -0.380 e. The van der Waals surface area contributed by atoms with Crippen LogP contribution in [0.25, 0.3) is 11.3 Å². The normalized spacial score (nSPS) is 10.5. The first kappa shape index (κ1) is 13.9. The summed E-state index contributed by atoms with van der Waals surface area (Å²) in [5, 5.41) is 10.5. The zero-order valence-electron chi connectivity index (χ0n) is 11.9. The van der Waals surface area contributed by atoms with Gasteiger partial charge in [-0.25, -0.2) is 9.37 Å². The Balaban J connectivity index is 1.96. The molecule has 0 unspecified atom stereocenters. The van der Waals surface area contributed by atoms with Crippen molar-refractivity contribution in [1.29, 1.82) is 0 Å². The van der Waals surface area contributed by atoms with Gasteiger partial charge in [-0.1, -0.05) is 42.0 Å². The molecule has 3 N–H and O–H groups in total. The van der Waals surface area contributed by atoms with Crippen LogP contribution in [0.1, 0.15) is 5.56 Å². The number of benzene rings is 2. The molecule has 110 valence electrons. The number of hydrogen-bond acceptors (Lipinski definition) is 5. The molecule has 5 nitrogen and oxygen atoms in total. The predicted molar refractivity (Wildman–Crippen MR) is 84.1 cm³/mol. The Hall–Kier alpha value is -3.02. The maximum absolute atomic E-state index is 13.7. The fourth-order valence-corrected chi connectivity index (χ4v) is 1.99. The Bertz CT molecular complexity index is 802. The molecule has 3 rings (SSSR count). The summed E-state index contributed by atoms with van der Waals surface area (Å²) in [6, 6.07) is 14.0. The third-order valence-electron chi connectivity index (χ3n) is 3.16. The van der Waals surface area contributed by atoms with Crippen molar-refractivity contribution in [3.8, 4) is 11.3 Å². The summed E-state index contributed by atoms with van der Waals surface area (Å²) >= 11 is 0. The second-order valence-electron chi connectivity index (χ2n) is 4.84. The van der Waals surface area contributed by atoms with Crippen LogP contribution in [0.2, 0.25) is 0 Å². The number of halogens is 1. The Morgan fingerprint density at radius 2 is 1.73 bits per heavy atom. The van der Waals surface area contributed by atoms with E-state index in [1.807, 2.05) is 31.2 Å². The molecule has 0 amide bonds. The zero-order chi connectivity index (χ0) is 15.5. The van der Waals surface area contributed by atoms with Gasteiger partial charge in [-0.05, 0) is 19.1 Å². The van der Waals surface area contributed by atoms with Crippen molar-refractivity contribution in [2.24, 2.45) is 0 Å². The smallest absolute Gasteiger partial charge is 0.247 e. The lowest BCUT2D eigenvalue weighted by Gasteiger charge is -2.08. The van der Waals surface area contributed by atoms with E-state index in [4.69, 9.17) is 5.73 Å². The molecule has 0 atom stereocenters. The monoisotopic (exact) mass is 295 g/mol. The average Bonchev–Trinajstić information content (AvgIpc) is 2.52. The van der Waals surface area contributed by atoms with Crippen LogP contribution in [-0.2, 0) is 0 Å². The molecule has 1 aromatic heterocycles. The maximum atomic E-state index is 13.7. The van der Waals surface area contributed by atoms with E-state index in [1.54, 1.807) is 18.2 Å². The van der Waals surface area contributed by atoms with Crippen LogP contribution in [0.3, 0.4) is 0 Å². The van der Waals surface area contributed by atoms with Gasteiger partial charge in [0.2, 0.25) is 5.95 Å². The Morgan fingerprint density at radius 3 is 2.45 bits per heavy atom. The summed E-state index contributed by atoms with van der Waals surface area (Å²) in [6.45, 7) is 2.00. The molecule has 0 aliphatic heterocycles. The van der Waals surface area contributed by atoms with Gasteiger partial charge >= 0.3 is 0 Å². The van der Waals surface area contributed by atoms with E-state index in [0.717, 1.165) is 11.1 Å². The van der Waals surface area contributed by atoms with Gasteiger partial charge in [-0.2, -0.15) is 0 Å². The highest BCUT2D eigenvalue weighted by Crippen LogP contribution is 2.24. The largest absolute Gasteiger partial charge is 0.380 e. The molecule has 0 fully saturated rings. The Labute approximate surface area is 127 Å². The molecule has 22 heavy (non-hydrogen) atoms. The number of nitrogen functional groups attached to an aromatic ring is 1. The van der Waals surface area contributed by atoms with E-state index in [1.165, 1.54) is 6.07 Å². The highest BCUT2D eigenvalue weighted by Gasteiger charge is 2.10. The Kier molecular flexibility index (Phi) is 3.65. The lowest BCUT2D eigenvalue weighted by Crippen LogP contribution is -2.05. The number of para-hydroxylation sites is 1. The van der Waals surface area contributed by atoms with E-state index < -0.39 is 0 Å². The molecular formula is C16H14FN5. The number of hydrogen-bond donors (Lipinski definition) is 2. The molecule has 6 heteroatoms. The number of anilines is 3. The zero-order valence-corrected chi connectivity index (χ0v) is 11.9. The van der Waals surface area contributed by atoms with Crippen molar-refractivity contribution in [2.75, 3.05) is 11.1 Å². The lowest BCUT2D eigenvalue weighted by atomic mass is 10.1. The molecule has 0 radical (unpaired) electrons. The molecule has 2 aromatic carbocycles. The number of nitrogens with zero attached hydrogens (tertiary/aromatic N) is 3. The number of aromatic nitrogens is 3. The van der Waals surface area contributed by atoms with Crippen LogP contribution < -0.4 is 11.1 Å². The first-order valence-corrected chi connectivity index (χ1v) is 6.72. The fraction of sp³-hybridized carbons (Fsp3) is 0.0625. The van der Waals surface area contributed by atoms with Crippen molar-refractivity contribution in [2.45, 2.75) is 6.92 Å². The van der Waals surface area contributed by atoms with Crippen LogP contribution in [0.4, 0.5) is 21.8 Å². The van der Waals surface area contributed by atoms with Crippen molar-refractivity contribution in [3.63, 3.8) is 0 Å². The molecule has 0 saturated heterocycles. The van der Waals surface area contributed by atoms with Crippen molar-refractivity contribution < 1.29 is 4.39 Å². The molecule has 0 bridgehead atoms. The van der Waals surface area contributed by atoms with Crippen molar-refractivity contribution in [1.82, 2.24) is 15.2 Å². The predicted octanol–water partition coefficient (Wildman–Crippen LogP) is 3.31. The van der Waals surface area contributed by atoms with Crippen LogP contribution in [0.15, 0.2) is 48.5 Å². The molecule has 0 aliphatic carbocycles. The Morgan fingerprint density at radius 1 is 1.00 bits per heavy atom. The molecule has 0 saturated carbocycles. The van der Waals surface area contributed by atoms with Gasteiger partial charge in [0.15, 0.2) is 5.82 Å².